The molecular weight excluding hydrogens is 260 g/mol. The van der Waals surface area contributed by atoms with Gasteiger partial charge in [0, 0.05) is 6.42 Å². The van der Waals surface area contributed by atoms with Crippen LogP contribution in [-0.2, 0) is 11.2 Å². The molecule has 0 saturated carbocycles. The zero-order valence-corrected chi connectivity index (χ0v) is 10.9. The Labute approximate surface area is 115 Å². The lowest BCUT2D eigenvalue weighted by molar-refractivity contribution is -0.139. The van der Waals surface area contributed by atoms with Crippen molar-refractivity contribution in [3.8, 4) is 0 Å². The molecule has 0 spiro atoms. The van der Waals surface area contributed by atoms with Crippen LogP contribution < -0.4 is 5.32 Å². The number of carbonyl (C=O) groups is 2. The third-order valence-electron chi connectivity index (χ3n) is 2.84. The van der Waals surface area contributed by atoms with Crippen LogP contribution in [0.5, 0.6) is 0 Å². The van der Waals surface area contributed by atoms with Crippen molar-refractivity contribution in [3.63, 3.8) is 0 Å². The van der Waals surface area contributed by atoms with Crippen molar-refractivity contribution in [1.29, 1.82) is 0 Å². The molecule has 0 unspecified atom stereocenters. The van der Waals surface area contributed by atoms with E-state index >= 15 is 0 Å². The number of oxazole rings is 1. The van der Waals surface area contributed by atoms with Gasteiger partial charge in [0.25, 0.3) is 5.91 Å². The van der Waals surface area contributed by atoms with E-state index in [2.05, 4.69) is 10.3 Å². The van der Waals surface area contributed by atoms with Gasteiger partial charge in [0.1, 0.15) is 6.04 Å². The quantitative estimate of drug-likeness (QED) is 0.860. The number of carboxylic acids is 1. The van der Waals surface area contributed by atoms with Crippen LogP contribution in [-0.4, -0.2) is 28.0 Å². The molecule has 20 heavy (non-hydrogen) atoms. The lowest BCUT2D eigenvalue weighted by Gasteiger charge is -2.13. The highest BCUT2D eigenvalue weighted by Gasteiger charge is 2.23. The van der Waals surface area contributed by atoms with Gasteiger partial charge in [-0.05, 0) is 12.5 Å². The Bertz CT molecular complexity index is 607. The van der Waals surface area contributed by atoms with E-state index in [0.29, 0.717) is 5.69 Å². The van der Waals surface area contributed by atoms with Crippen molar-refractivity contribution in [3.05, 3.63) is 53.7 Å². The van der Waals surface area contributed by atoms with E-state index in [1.807, 2.05) is 30.3 Å². The van der Waals surface area contributed by atoms with Crippen molar-refractivity contribution in [2.75, 3.05) is 0 Å². The Morgan fingerprint density at radius 2 is 2.05 bits per heavy atom. The molecule has 0 aliphatic rings. The molecule has 0 saturated heterocycles. The van der Waals surface area contributed by atoms with Gasteiger partial charge in [0.15, 0.2) is 6.39 Å². The summed E-state index contributed by atoms with van der Waals surface area (Å²) in [5.74, 6) is -1.65. The second-order valence-electron chi connectivity index (χ2n) is 4.32. The fourth-order valence-corrected chi connectivity index (χ4v) is 1.79. The molecule has 2 N–H and O–H groups in total. The summed E-state index contributed by atoms with van der Waals surface area (Å²) < 4.78 is 4.94. The molecule has 0 bridgehead atoms. The van der Waals surface area contributed by atoms with Gasteiger partial charge in [0.2, 0.25) is 5.76 Å². The van der Waals surface area contributed by atoms with Gasteiger partial charge in [-0.1, -0.05) is 30.3 Å². The number of hydrogen-bond acceptors (Lipinski definition) is 4. The summed E-state index contributed by atoms with van der Waals surface area (Å²) in [4.78, 5) is 27.0. The number of nitrogens with one attached hydrogen (secondary N) is 1. The second kappa shape index (κ2) is 6.01. The van der Waals surface area contributed by atoms with Gasteiger partial charge in [-0.15, -0.1) is 0 Å². The van der Waals surface area contributed by atoms with Crippen molar-refractivity contribution in [2.24, 2.45) is 0 Å². The number of amides is 1. The number of rotatable bonds is 5. The van der Waals surface area contributed by atoms with Crippen LogP contribution in [0.3, 0.4) is 0 Å². The van der Waals surface area contributed by atoms with E-state index in [9.17, 15) is 14.7 Å². The molecular formula is C14H14N2O4. The van der Waals surface area contributed by atoms with Crippen molar-refractivity contribution in [1.82, 2.24) is 10.3 Å². The Hall–Kier alpha value is -2.63. The van der Waals surface area contributed by atoms with Crippen molar-refractivity contribution < 1.29 is 19.1 Å². The number of aryl methyl sites for hydroxylation is 1. The van der Waals surface area contributed by atoms with Crippen LogP contribution in [0.2, 0.25) is 0 Å². The highest BCUT2D eigenvalue weighted by atomic mass is 16.4. The summed E-state index contributed by atoms with van der Waals surface area (Å²) in [6.45, 7) is 1.62. The number of carboxylic acid groups (broad SMARTS) is 1. The van der Waals surface area contributed by atoms with E-state index in [4.69, 9.17) is 4.42 Å². The van der Waals surface area contributed by atoms with Gasteiger partial charge in [-0.2, -0.15) is 0 Å². The minimum Gasteiger partial charge on any atom is -0.480 e. The number of benzene rings is 1. The Morgan fingerprint density at radius 3 is 2.60 bits per heavy atom. The zero-order valence-electron chi connectivity index (χ0n) is 10.9. The molecule has 0 fully saturated rings. The Balaban J connectivity index is 2.09. The van der Waals surface area contributed by atoms with Gasteiger partial charge >= 0.3 is 5.97 Å². The highest BCUT2D eigenvalue weighted by Crippen LogP contribution is 2.07. The van der Waals surface area contributed by atoms with Crippen molar-refractivity contribution >= 4 is 11.9 Å². The van der Waals surface area contributed by atoms with Gasteiger partial charge in [-0.3, -0.25) is 4.79 Å². The maximum Gasteiger partial charge on any atom is 0.326 e. The molecule has 1 heterocycles. The Kier molecular flexibility index (Phi) is 4.14. The highest BCUT2D eigenvalue weighted by molar-refractivity contribution is 5.95. The average Bonchev–Trinajstić information content (AvgIpc) is 2.85. The van der Waals surface area contributed by atoms with Crippen LogP contribution in [0.15, 0.2) is 41.1 Å². The van der Waals surface area contributed by atoms with Gasteiger partial charge in [0.05, 0.1) is 5.69 Å². The monoisotopic (exact) mass is 274 g/mol. The average molecular weight is 274 g/mol. The standard InChI is InChI=1S/C14H14N2O4/c1-9-12(20-8-15-9)13(17)16-11(14(18)19)7-10-5-3-2-4-6-10/h2-6,8,11H,7H2,1H3,(H,16,17)(H,18,19)/t11-/m1/s1. The largest absolute Gasteiger partial charge is 0.480 e. The molecule has 1 amide bonds. The maximum absolute atomic E-state index is 11.9. The van der Waals surface area contributed by atoms with E-state index in [1.165, 1.54) is 0 Å². The topological polar surface area (TPSA) is 92.4 Å². The van der Waals surface area contributed by atoms with Crippen LogP contribution >= 0.6 is 0 Å². The van der Waals surface area contributed by atoms with Crippen molar-refractivity contribution in [2.45, 2.75) is 19.4 Å². The third kappa shape index (κ3) is 3.23. The SMILES string of the molecule is Cc1ncoc1C(=O)N[C@H](Cc1ccccc1)C(=O)O. The predicted octanol–water partition coefficient (Wildman–Crippen LogP) is 1.41. The van der Waals surface area contributed by atoms with Crippen LogP contribution in [0.25, 0.3) is 0 Å². The molecule has 0 radical (unpaired) electrons. The first-order chi connectivity index (χ1) is 9.58. The molecule has 6 nitrogen and oxygen atoms in total. The molecule has 104 valence electrons. The van der Waals surface area contributed by atoms with E-state index in [-0.39, 0.29) is 12.2 Å². The molecule has 2 rings (SSSR count). The minimum atomic E-state index is -1.10. The first-order valence-electron chi connectivity index (χ1n) is 6.05. The molecule has 0 aliphatic carbocycles. The number of carbonyl (C=O) groups excluding carboxylic acids is 1. The van der Waals surface area contributed by atoms with Gasteiger partial charge in [-0.25, -0.2) is 9.78 Å². The first kappa shape index (κ1) is 13.8. The normalized spacial score (nSPS) is 11.8. The third-order valence-corrected chi connectivity index (χ3v) is 2.84. The summed E-state index contributed by atoms with van der Waals surface area (Å²) in [6, 6.07) is 8.07. The predicted molar refractivity (Wildman–Crippen MR) is 70.3 cm³/mol. The summed E-state index contributed by atoms with van der Waals surface area (Å²) in [7, 11) is 0. The van der Waals surface area contributed by atoms with E-state index < -0.39 is 17.9 Å². The molecule has 1 aromatic heterocycles. The van der Waals surface area contributed by atoms with Crippen LogP contribution in [0.1, 0.15) is 21.8 Å². The number of aliphatic carboxylic acids is 1. The lowest BCUT2D eigenvalue weighted by Crippen LogP contribution is -2.42. The van der Waals surface area contributed by atoms with E-state index in [1.54, 1.807) is 6.92 Å². The Morgan fingerprint density at radius 1 is 1.35 bits per heavy atom. The smallest absolute Gasteiger partial charge is 0.326 e. The minimum absolute atomic E-state index is 0.0318. The van der Waals surface area contributed by atoms with Crippen LogP contribution in [0.4, 0.5) is 0 Å². The molecule has 6 heteroatoms. The van der Waals surface area contributed by atoms with Crippen LogP contribution in [0, 0.1) is 6.92 Å². The lowest BCUT2D eigenvalue weighted by atomic mass is 10.1. The van der Waals surface area contributed by atoms with E-state index in [0.717, 1.165) is 12.0 Å². The fraction of sp³-hybridized carbons (Fsp3) is 0.214. The molecule has 2 aromatic rings. The molecule has 1 aromatic carbocycles. The maximum atomic E-state index is 11.9. The summed E-state index contributed by atoms with van der Waals surface area (Å²) >= 11 is 0. The summed E-state index contributed by atoms with van der Waals surface area (Å²) in [6.07, 6.45) is 1.35. The molecule has 0 aliphatic heterocycles. The first-order valence-corrected chi connectivity index (χ1v) is 6.05. The zero-order chi connectivity index (χ0) is 14.5. The summed E-state index contributed by atoms with van der Waals surface area (Å²) in [5, 5.41) is 11.6. The second-order valence-corrected chi connectivity index (χ2v) is 4.32. The number of aromatic nitrogens is 1. The summed E-state index contributed by atoms with van der Waals surface area (Å²) in [5.41, 5.74) is 1.25. The van der Waals surface area contributed by atoms with Gasteiger partial charge < -0.3 is 14.8 Å². The number of hydrogen-bond donors (Lipinski definition) is 2. The fourth-order valence-electron chi connectivity index (χ4n) is 1.79. The molecule has 1 atom stereocenters. The number of nitrogens with zero attached hydrogens (tertiary/aromatic N) is 1.